The Hall–Kier alpha value is -3.74. The predicted molar refractivity (Wildman–Crippen MR) is 220 cm³/mol. The van der Waals surface area contributed by atoms with Crippen molar-refractivity contribution >= 4 is 36.3 Å². The number of hydrogen-bond donors (Lipinski definition) is 2. The van der Waals surface area contributed by atoms with E-state index in [1.807, 2.05) is 13.8 Å². The Balaban J connectivity index is 0.000000422. The van der Waals surface area contributed by atoms with E-state index in [-0.39, 0.29) is 18.9 Å². The highest BCUT2D eigenvalue weighted by Gasteiger charge is 2.48. The minimum Gasteiger partial charge on any atom is -0.458 e. The zero-order chi connectivity index (χ0) is 47.1. The number of carbonyl (C=O) groups excluding carboxylic acids is 6. The van der Waals surface area contributed by atoms with Crippen LogP contribution in [0.15, 0.2) is 0 Å². The number of cyclic esters (lactones) is 2. The van der Waals surface area contributed by atoms with Gasteiger partial charge in [0, 0.05) is 0 Å². The lowest BCUT2D eigenvalue weighted by atomic mass is 9.99. The molecule has 0 aromatic rings. The number of amides is 4. The van der Waals surface area contributed by atoms with Gasteiger partial charge >= 0.3 is 36.3 Å². The number of fused-ring (bicyclic) bond motifs is 1. The Labute approximate surface area is 361 Å². The van der Waals surface area contributed by atoms with E-state index in [9.17, 15) is 39.0 Å². The van der Waals surface area contributed by atoms with Crippen LogP contribution in [-0.4, -0.2) is 133 Å². The topological polar surface area (TPSA) is 223 Å². The summed E-state index contributed by atoms with van der Waals surface area (Å²) < 4.78 is 44.4. The van der Waals surface area contributed by atoms with Crippen LogP contribution in [0.1, 0.15) is 162 Å². The number of carbonyl (C=O) groups is 6. The third-order valence-electron chi connectivity index (χ3n) is 9.14. The largest absolute Gasteiger partial charge is 0.458 e. The van der Waals surface area contributed by atoms with E-state index in [0.29, 0.717) is 37.0 Å². The molecule has 352 valence electrons. The smallest absolute Gasteiger partial charge is 0.420 e. The van der Waals surface area contributed by atoms with Crippen LogP contribution in [-0.2, 0) is 47.5 Å². The van der Waals surface area contributed by atoms with E-state index < -0.39 is 107 Å². The monoisotopic (exact) mass is 875 g/mol. The molecule has 0 aromatic carbocycles. The summed E-state index contributed by atoms with van der Waals surface area (Å²) in [6, 6.07) is -2.45. The first kappa shape index (κ1) is 53.4. The number of ether oxygens (including phenoxy) is 8. The van der Waals surface area contributed by atoms with Crippen molar-refractivity contribution in [3.63, 3.8) is 0 Å². The van der Waals surface area contributed by atoms with Gasteiger partial charge in [-0.25, -0.2) is 28.8 Å². The Morgan fingerprint density at radius 3 is 1.25 bits per heavy atom. The van der Waals surface area contributed by atoms with Crippen LogP contribution in [0.3, 0.4) is 0 Å². The van der Waals surface area contributed by atoms with Crippen molar-refractivity contribution < 1.29 is 76.9 Å². The van der Waals surface area contributed by atoms with E-state index in [0.717, 1.165) is 11.3 Å². The Bertz CT molecular complexity index is 1470. The molecular weight excluding hydrogens is 800 g/mol. The summed E-state index contributed by atoms with van der Waals surface area (Å²) in [6.07, 6.45) is -4.94. The number of nitrogens with zero attached hydrogens (tertiary/aromatic N) is 2. The molecule has 3 rings (SSSR count). The molecule has 8 atom stereocenters. The van der Waals surface area contributed by atoms with Crippen LogP contribution in [0.4, 0.5) is 19.2 Å². The van der Waals surface area contributed by atoms with Gasteiger partial charge in [-0.15, -0.1) is 0 Å². The molecule has 3 aliphatic heterocycles. The Kier molecular flexibility index (Phi) is 18.5. The maximum absolute atomic E-state index is 13.2. The molecule has 2 N–H and O–H groups in total. The molecule has 0 unspecified atom stereocenters. The van der Waals surface area contributed by atoms with Crippen LogP contribution in [0.5, 0.6) is 0 Å². The second-order valence-electron chi connectivity index (χ2n) is 20.2. The highest BCUT2D eigenvalue weighted by Crippen LogP contribution is 2.35. The minimum absolute atomic E-state index is 0.118. The van der Waals surface area contributed by atoms with E-state index in [2.05, 4.69) is 0 Å². The van der Waals surface area contributed by atoms with Crippen molar-refractivity contribution in [2.75, 3.05) is 0 Å². The third kappa shape index (κ3) is 17.9. The van der Waals surface area contributed by atoms with Crippen molar-refractivity contribution in [3.8, 4) is 0 Å². The molecule has 4 amide bonds. The molecule has 3 fully saturated rings. The quantitative estimate of drug-likeness (QED) is 0.205. The zero-order valence-electron chi connectivity index (χ0n) is 39.3. The lowest BCUT2D eigenvalue weighted by Crippen LogP contribution is -2.53. The van der Waals surface area contributed by atoms with E-state index in [1.54, 1.807) is 90.0 Å². The van der Waals surface area contributed by atoms with Gasteiger partial charge in [-0.3, -0.25) is 0 Å². The molecular formula is C43H74N2O16. The van der Waals surface area contributed by atoms with Crippen molar-refractivity contribution in [1.82, 2.24) is 9.80 Å². The fourth-order valence-corrected chi connectivity index (χ4v) is 6.61. The van der Waals surface area contributed by atoms with E-state index in [1.165, 1.54) is 6.92 Å². The van der Waals surface area contributed by atoms with Crippen LogP contribution in [0, 0.1) is 0 Å². The second-order valence-corrected chi connectivity index (χ2v) is 20.2. The molecule has 0 aliphatic carbocycles. The van der Waals surface area contributed by atoms with E-state index in [4.69, 9.17) is 37.9 Å². The number of aliphatic hydroxyl groups excluding tert-OH is 2. The average Bonchev–Trinajstić information content (AvgIpc) is 3.37. The fourth-order valence-electron chi connectivity index (χ4n) is 6.61. The van der Waals surface area contributed by atoms with Crippen molar-refractivity contribution in [1.29, 1.82) is 0 Å². The zero-order valence-corrected chi connectivity index (χ0v) is 39.3. The molecule has 18 heteroatoms. The molecule has 0 saturated carbocycles. The van der Waals surface area contributed by atoms with Crippen molar-refractivity contribution in [3.05, 3.63) is 0 Å². The summed E-state index contributed by atoms with van der Waals surface area (Å²) in [5.74, 6) is -2.35. The molecule has 3 aliphatic rings. The van der Waals surface area contributed by atoms with Gasteiger partial charge in [0.1, 0.15) is 58.9 Å². The Morgan fingerprint density at radius 2 is 0.885 bits per heavy atom. The van der Waals surface area contributed by atoms with Crippen LogP contribution in [0.2, 0.25) is 0 Å². The lowest BCUT2D eigenvalue weighted by Gasteiger charge is -2.34. The SMILES string of the molecule is C[C@@H]1OC(=O)[C@@H](N(C(=O)OC(C)(C)C)C(=O)OC(C)(C)C)CCCC[C@@H]2OC(C)(C)O[C@@H]12.C[C@@H]1OC(=O)[C@@H](N(C(=O)OC(C)(C)C)C(=O)OC(C)(C)C)CCCC[C@H](O)[C@H]1O. The molecule has 3 saturated heterocycles. The maximum atomic E-state index is 13.2. The molecule has 0 bridgehead atoms. The lowest BCUT2D eigenvalue weighted by molar-refractivity contribution is -0.172. The van der Waals surface area contributed by atoms with Crippen molar-refractivity contribution in [2.24, 2.45) is 0 Å². The second kappa shape index (κ2) is 21.1. The van der Waals surface area contributed by atoms with Gasteiger partial charge in [0.25, 0.3) is 0 Å². The van der Waals surface area contributed by atoms with E-state index >= 15 is 0 Å². The maximum Gasteiger partial charge on any atom is 0.420 e. The Morgan fingerprint density at radius 1 is 0.557 bits per heavy atom. The van der Waals surface area contributed by atoms with Gasteiger partial charge in [0.15, 0.2) is 5.79 Å². The summed E-state index contributed by atoms with van der Waals surface area (Å²) in [4.78, 5) is 78.9. The summed E-state index contributed by atoms with van der Waals surface area (Å²) in [6.45, 7) is 26.8. The number of hydrogen-bond acceptors (Lipinski definition) is 16. The van der Waals surface area contributed by atoms with Gasteiger partial charge < -0.3 is 48.1 Å². The number of aliphatic hydroxyl groups is 2. The average molecular weight is 875 g/mol. The van der Waals surface area contributed by atoms with Gasteiger partial charge in [0.05, 0.1) is 12.2 Å². The molecule has 3 heterocycles. The molecule has 61 heavy (non-hydrogen) atoms. The van der Waals surface area contributed by atoms with Crippen LogP contribution >= 0.6 is 0 Å². The summed E-state index contributed by atoms with van der Waals surface area (Å²) in [5.41, 5.74) is -3.52. The predicted octanol–water partition coefficient (Wildman–Crippen LogP) is 7.31. The van der Waals surface area contributed by atoms with Crippen LogP contribution < -0.4 is 0 Å². The number of imide groups is 2. The fraction of sp³-hybridized carbons (Fsp3) is 0.860. The third-order valence-corrected chi connectivity index (χ3v) is 9.14. The summed E-state index contributed by atoms with van der Waals surface area (Å²) >= 11 is 0. The molecule has 18 nitrogen and oxygen atoms in total. The number of esters is 2. The highest BCUT2D eigenvalue weighted by molar-refractivity contribution is 5.95. The summed E-state index contributed by atoms with van der Waals surface area (Å²) in [5, 5.41) is 20.1. The first-order chi connectivity index (χ1) is 27.6. The summed E-state index contributed by atoms with van der Waals surface area (Å²) in [7, 11) is 0. The van der Waals surface area contributed by atoms with Gasteiger partial charge in [0.2, 0.25) is 0 Å². The number of rotatable bonds is 2. The minimum atomic E-state index is -1.27. The molecule has 0 spiro atoms. The van der Waals surface area contributed by atoms with Gasteiger partial charge in [-0.05, 0) is 136 Å². The van der Waals surface area contributed by atoms with Gasteiger partial charge in [-0.1, -0.05) is 25.7 Å². The molecule has 0 aromatic heterocycles. The molecule has 0 radical (unpaired) electrons. The van der Waals surface area contributed by atoms with Crippen LogP contribution in [0.25, 0.3) is 0 Å². The normalized spacial score (nSPS) is 27.9. The standard InChI is InChI=1S/C23H39NO8.C20H35NO8/c1-14-17-16(29-23(8,9)30-17)13-11-10-12-15(18(25)28-14)24(19(26)31-21(2,3)4)20(27)32-22(5,6)7;1-12-15(23)14(22)11-9-8-10-13(16(24)27-12)21(17(25)28-19(2,3)4)18(26)29-20(5,6)7/h14-17H,10-13H2,1-9H3;12-15,22-23H,8-11H2,1-7H3/t14-,15-,16-,17-;12-,13-,14-,15-/m00/s1. The first-order valence-electron chi connectivity index (χ1n) is 21.2. The first-order valence-corrected chi connectivity index (χ1v) is 21.2. The van der Waals surface area contributed by atoms with Gasteiger partial charge in [-0.2, -0.15) is 9.80 Å². The highest BCUT2D eigenvalue weighted by atomic mass is 16.8. The van der Waals surface area contributed by atoms with Crippen molar-refractivity contribution in [2.45, 2.75) is 239 Å².